The lowest BCUT2D eigenvalue weighted by Gasteiger charge is -2.22. The van der Waals surface area contributed by atoms with Crippen LogP contribution in [-0.4, -0.2) is 9.55 Å². The minimum Gasteiger partial charge on any atom is -0.309 e. The molecule has 2 nitrogen and oxygen atoms in total. The monoisotopic (exact) mass is 664 g/mol. The molecule has 1 aliphatic carbocycles. The van der Waals surface area contributed by atoms with Crippen LogP contribution in [-0.2, 0) is 5.41 Å². The zero-order chi connectivity index (χ0) is 34.8. The molecule has 0 amide bonds. The molecule has 0 N–H and O–H groups in total. The van der Waals surface area contributed by atoms with Gasteiger partial charge in [0.15, 0.2) is 0 Å². The molecular formula is C50H36N2. The Hall–Kier alpha value is -6.51. The van der Waals surface area contributed by atoms with Gasteiger partial charge in [0.1, 0.15) is 0 Å². The number of hydrogen-bond acceptors (Lipinski definition) is 1. The predicted molar refractivity (Wildman–Crippen MR) is 218 cm³/mol. The molecule has 2 aromatic heterocycles. The molecule has 0 atom stereocenters. The van der Waals surface area contributed by atoms with Crippen molar-refractivity contribution in [1.29, 1.82) is 0 Å². The van der Waals surface area contributed by atoms with Crippen molar-refractivity contribution >= 4 is 21.8 Å². The molecule has 246 valence electrons. The number of fused-ring (bicyclic) bond motifs is 6. The molecule has 0 unspecified atom stereocenters. The summed E-state index contributed by atoms with van der Waals surface area (Å²) >= 11 is 0. The fraction of sp³-hybridized carbons (Fsp3) is 0.0600. The average Bonchev–Trinajstić information content (AvgIpc) is 3.66. The van der Waals surface area contributed by atoms with Gasteiger partial charge in [-0.3, -0.25) is 4.98 Å². The molecule has 2 heteroatoms. The van der Waals surface area contributed by atoms with E-state index in [2.05, 4.69) is 181 Å². The second-order valence-corrected chi connectivity index (χ2v) is 14.5. The van der Waals surface area contributed by atoms with E-state index in [1.165, 1.54) is 94.3 Å². The summed E-state index contributed by atoms with van der Waals surface area (Å²) in [5, 5.41) is 2.57. The van der Waals surface area contributed by atoms with Crippen LogP contribution in [0.5, 0.6) is 0 Å². The third kappa shape index (κ3) is 4.83. The van der Waals surface area contributed by atoms with E-state index in [0.717, 1.165) is 0 Å². The Balaban J connectivity index is 0.929. The summed E-state index contributed by atoms with van der Waals surface area (Å²) in [5.74, 6) is 0. The summed E-state index contributed by atoms with van der Waals surface area (Å²) in [7, 11) is 0. The first-order chi connectivity index (χ1) is 25.5. The van der Waals surface area contributed by atoms with Crippen LogP contribution < -0.4 is 0 Å². The van der Waals surface area contributed by atoms with E-state index >= 15 is 0 Å². The number of para-hydroxylation sites is 2. The van der Waals surface area contributed by atoms with Crippen molar-refractivity contribution in [1.82, 2.24) is 9.55 Å². The van der Waals surface area contributed by atoms with Gasteiger partial charge in [-0.25, -0.2) is 0 Å². The number of hydrogen-bond donors (Lipinski definition) is 0. The Kier molecular flexibility index (Phi) is 6.87. The molecule has 0 fully saturated rings. The van der Waals surface area contributed by atoms with Gasteiger partial charge in [0.05, 0.1) is 11.0 Å². The van der Waals surface area contributed by atoms with Crippen molar-refractivity contribution in [3.8, 4) is 61.3 Å². The van der Waals surface area contributed by atoms with Crippen LogP contribution in [0.1, 0.15) is 25.0 Å². The zero-order valence-electron chi connectivity index (χ0n) is 29.2. The normalized spacial score (nSPS) is 13.0. The Morgan fingerprint density at radius 1 is 0.385 bits per heavy atom. The van der Waals surface area contributed by atoms with E-state index in [9.17, 15) is 0 Å². The molecule has 0 radical (unpaired) electrons. The van der Waals surface area contributed by atoms with Gasteiger partial charge < -0.3 is 4.57 Å². The molecule has 0 saturated heterocycles. The largest absolute Gasteiger partial charge is 0.309 e. The lowest BCUT2D eigenvalue weighted by Crippen LogP contribution is -2.15. The fourth-order valence-corrected chi connectivity index (χ4v) is 8.35. The summed E-state index contributed by atoms with van der Waals surface area (Å²) in [6.45, 7) is 4.74. The Bertz CT molecular complexity index is 2720. The van der Waals surface area contributed by atoms with Gasteiger partial charge in [-0.05, 0) is 115 Å². The second kappa shape index (κ2) is 11.8. The van der Waals surface area contributed by atoms with Crippen LogP contribution in [0.2, 0.25) is 0 Å². The molecule has 0 bridgehead atoms. The van der Waals surface area contributed by atoms with E-state index in [1.54, 1.807) is 0 Å². The van der Waals surface area contributed by atoms with Gasteiger partial charge in [0.25, 0.3) is 0 Å². The van der Waals surface area contributed by atoms with Crippen LogP contribution in [0.15, 0.2) is 182 Å². The second-order valence-electron chi connectivity index (χ2n) is 14.5. The van der Waals surface area contributed by atoms with Crippen LogP contribution in [0.4, 0.5) is 0 Å². The molecule has 0 saturated carbocycles. The summed E-state index contributed by atoms with van der Waals surface area (Å²) in [6, 6.07) is 62.3. The minimum absolute atomic E-state index is 0.115. The minimum atomic E-state index is -0.115. The van der Waals surface area contributed by atoms with Crippen LogP contribution in [0.3, 0.4) is 0 Å². The molecular weight excluding hydrogens is 629 g/mol. The lowest BCUT2D eigenvalue weighted by atomic mass is 9.81. The molecule has 7 aromatic carbocycles. The highest BCUT2D eigenvalue weighted by atomic mass is 15.0. The summed E-state index contributed by atoms with van der Waals surface area (Å²) in [5.41, 5.74) is 18.7. The third-order valence-corrected chi connectivity index (χ3v) is 11.2. The number of pyridine rings is 1. The Morgan fingerprint density at radius 3 is 1.21 bits per heavy atom. The van der Waals surface area contributed by atoms with E-state index in [-0.39, 0.29) is 5.41 Å². The summed E-state index contributed by atoms with van der Waals surface area (Å²) in [6.07, 6.45) is 3.68. The molecule has 52 heavy (non-hydrogen) atoms. The van der Waals surface area contributed by atoms with Crippen molar-refractivity contribution in [2.24, 2.45) is 0 Å². The van der Waals surface area contributed by atoms with Gasteiger partial charge in [0, 0.05) is 34.3 Å². The SMILES string of the molecule is CC1(C)c2cc(-c3ccc(-c4ccc(-c5ccncc5)cc4)cc3)ccc2-c2ccc(-c3ccc(-n4c5ccccc5c5ccccc54)cc3)cc21. The molecule has 10 rings (SSSR count). The molecule has 0 aliphatic heterocycles. The van der Waals surface area contributed by atoms with Crippen molar-refractivity contribution in [3.05, 3.63) is 193 Å². The van der Waals surface area contributed by atoms with Crippen molar-refractivity contribution in [2.45, 2.75) is 19.3 Å². The van der Waals surface area contributed by atoms with Gasteiger partial charge in [-0.15, -0.1) is 0 Å². The lowest BCUT2D eigenvalue weighted by molar-refractivity contribution is 0.661. The van der Waals surface area contributed by atoms with E-state index < -0.39 is 0 Å². The van der Waals surface area contributed by atoms with Gasteiger partial charge in [-0.2, -0.15) is 0 Å². The first kappa shape index (κ1) is 30.3. The van der Waals surface area contributed by atoms with Gasteiger partial charge in [0.2, 0.25) is 0 Å². The van der Waals surface area contributed by atoms with Crippen LogP contribution in [0.25, 0.3) is 83.1 Å². The maximum absolute atomic E-state index is 4.14. The van der Waals surface area contributed by atoms with Crippen molar-refractivity contribution < 1.29 is 0 Å². The van der Waals surface area contributed by atoms with Crippen molar-refractivity contribution in [3.63, 3.8) is 0 Å². The first-order valence-electron chi connectivity index (χ1n) is 18.0. The average molecular weight is 665 g/mol. The van der Waals surface area contributed by atoms with E-state index in [0.29, 0.717) is 0 Å². The van der Waals surface area contributed by atoms with Crippen LogP contribution in [0, 0.1) is 0 Å². The highest BCUT2D eigenvalue weighted by molar-refractivity contribution is 6.09. The predicted octanol–water partition coefficient (Wildman–Crippen LogP) is 13.2. The molecule has 0 spiro atoms. The maximum atomic E-state index is 4.14. The molecule has 2 heterocycles. The Labute approximate surface area is 304 Å². The van der Waals surface area contributed by atoms with Crippen molar-refractivity contribution in [2.75, 3.05) is 0 Å². The molecule has 9 aromatic rings. The van der Waals surface area contributed by atoms with Crippen LogP contribution >= 0.6 is 0 Å². The first-order valence-corrected chi connectivity index (χ1v) is 18.0. The van der Waals surface area contributed by atoms with Gasteiger partial charge >= 0.3 is 0 Å². The standard InChI is InChI=1S/C50H36N2/c1-50(2)46-31-39(36-17-15-34(16-18-36)33-11-13-35(14-12-33)38-27-29-51-30-28-38)21-25-42(46)43-26-22-40(32-47(43)50)37-19-23-41(24-20-37)52-48-9-5-3-7-44(48)45-8-4-6-10-49(45)52/h3-32H,1-2H3. The fourth-order valence-electron chi connectivity index (χ4n) is 8.35. The zero-order valence-corrected chi connectivity index (χ0v) is 29.2. The highest BCUT2D eigenvalue weighted by Gasteiger charge is 2.36. The quantitative estimate of drug-likeness (QED) is 0.179. The number of aromatic nitrogens is 2. The van der Waals surface area contributed by atoms with E-state index in [1.807, 2.05) is 24.5 Å². The topological polar surface area (TPSA) is 17.8 Å². The summed E-state index contributed by atoms with van der Waals surface area (Å²) < 4.78 is 2.38. The molecule has 1 aliphatic rings. The smallest absolute Gasteiger partial charge is 0.0541 e. The number of nitrogens with zero attached hydrogens (tertiary/aromatic N) is 2. The highest BCUT2D eigenvalue weighted by Crippen LogP contribution is 2.50. The maximum Gasteiger partial charge on any atom is 0.0541 e. The summed E-state index contributed by atoms with van der Waals surface area (Å²) in [4.78, 5) is 4.14. The van der Waals surface area contributed by atoms with E-state index in [4.69, 9.17) is 0 Å². The third-order valence-electron chi connectivity index (χ3n) is 11.2. The Morgan fingerprint density at radius 2 is 0.750 bits per heavy atom. The number of benzene rings is 7. The number of rotatable bonds is 5. The van der Waals surface area contributed by atoms with Gasteiger partial charge in [-0.1, -0.05) is 135 Å².